The summed E-state index contributed by atoms with van der Waals surface area (Å²) >= 11 is 12.4. The number of nitrogens with two attached hydrogens (primary N) is 1. The van der Waals surface area contributed by atoms with Crippen LogP contribution < -0.4 is 11.1 Å². The van der Waals surface area contributed by atoms with Crippen molar-refractivity contribution in [2.75, 3.05) is 5.73 Å². The molecule has 4 aromatic rings. The number of carbonyl (C=O) groups excluding carboxylic acids is 1. The van der Waals surface area contributed by atoms with Gasteiger partial charge in [-0.1, -0.05) is 59.6 Å². The second-order valence-electron chi connectivity index (χ2n) is 8.07. The van der Waals surface area contributed by atoms with Crippen molar-refractivity contribution in [3.05, 3.63) is 101 Å². The van der Waals surface area contributed by atoms with E-state index in [4.69, 9.17) is 33.9 Å². The minimum Gasteiger partial charge on any atom is -0.382 e. The highest BCUT2D eigenvalue weighted by molar-refractivity contribution is 6.32. The number of H-pyrrole nitrogens is 2. The first-order chi connectivity index (χ1) is 16.8. The molecule has 0 radical (unpaired) electrons. The molecule has 10 heteroatoms. The topological polar surface area (TPSA) is 112 Å². The predicted molar refractivity (Wildman–Crippen MR) is 136 cm³/mol. The molecule has 2 aromatic heterocycles. The monoisotopic (exact) mass is 508 g/mol. The van der Waals surface area contributed by atoms with Crippen LogP contribution in [0.15, 0.2) is 73.4 Å². The Morgan fingerprint density at radius 3 is 2.83 bits per heavy atom. The van der Waals surface area contributed by atoms with Crippen molar-refractivity contribution in [2.45, 2.75) is 11.5 Å². The van der Waals surface area contributed by atoms with E-state index in [1.807, 2.05) is 30.4 Å². The van der Waals surface area contributed by atoms with E-state index in [1.165, 1.54) is 12.1 Å². The van der Waals surface area contributed by atoms with Crippen molar-refractivity contribution in [1.82, 2.24) is 25.5 Å². The Balaban J connectivity index is 1.52. The van der Waals surface area contributed by atoms with Crippen molar-refractivity contribution < 1.29 is 9.18 Å². The van der Waals surface area contributed by atoms with Crippen LogP contribution in [0, 0.1) is 5.82 Å². The van der Waals surface area contributed by atoms with Gasteiger partial charge in [-0.2, -0.15) is 5.10 Å². The van der Waals surface area contributed by atoms with Crippen molar-refractivity contribution in [2.24, 2.45) is 0 Å². The number of nitrogen functional groups attached to an aromatic ring is 1. The second kappa shape index (κ2) is 8.72. The molecule has 1 aliphatic carbocycles. The summed E-state index contributed by atoms with van der Waals surface area (Å²) in [6.45, 7) is 3.99. The molecule has 1 amide bonds. The van der Waals surface area contributed by atoms with Gasteiger partial charge in [-0.25, -0.2) is 9.37 Å². The van der Waals surface area contributed by atoms with Gasteiger partial charge in [0.2, 0.25) is 0 Å². The third kappa shape index (κ3) is 3.90. The van der Waals surface area contributed by atoms with Gasteiger partial charge in [0.1, 0.15) is 22.5 Å². The number of nitrogens with zero attached hydrogens (tertiary/aromatic N) is 2. The number of benzene rings is 2. The molecule has 0 bridgehead atoms. The first-order valence-corrected chi connectivity index (χ1v) is 11.3. The lowest BCUT2D eigenvalue weighted by Gasteiger charge is -2.34. The Kier molecular flexibility index (Phi) is 5.70. The van der Waals surface area contributed by atoms with Crippen LogP contribution in [0.2, 0.25) is 10.2 Å². The number of hydrogen-bond acceptors (Lipinski definition) is 4. The number of imidazole rings is 1. The van der Waals surface area contributed by atoms with Crippen LogP contribution in [0.1, 0.15) is 16.2 Å². The Hall–Kier alpha value is -3.88. The summed E-state index contributed by atoms with van der Waals surface area (Å²) in [4.78, 5) is 20.8. The number of rotatable bonds is 5. The average molecular weight is 509 g/mol. The van der Waals surface area contributed by atoms with Gasteiger partial charge in [0.15, 0.2) is 5.82 Å². The molecule has 0 fully saturated rings. The maximum absolute atomic E-state index is 14.4. The van der Waals surface area contributed by atoms with E-state index < -0.39 is 23.2 Å². The molecular weight excluding hydrogens is 490 g/mol. The number of allylic oxidation sites excluding steroid dienone is 2. The van der Waals surface area contributed by atoms with E-state index in [-0.39, 0.29) is 10.6 Å². The van der Waals surface area contributed by atoms with Crippen LogP contribution in [0.25, 0.3) is 22.2 Å². The highest BCUT2D eigenvalue weighted by atomic mass is 35.5. The molecule has 5 N–H and O–H groups in total. The first-order valence-electron chi connectivity index (χ1n) is 10.6. The number of nitrogens with one attached hydrogen (secondary N) is 3. The molecule has 1 aliphatic rings. The minimum absolute atomic E-state index is 0.124. The van der Waals surface area contributed by atoms with Crippen molar-refractivity contribution in [1.29, 1.82) is 0 Å². The fourth-order valence-electron chi connectivity index (χ4n) is 4.17. The number of amides is 1. The van der Waals surface area contributed by atoms with Crippen LogP contribution in [0.3, 0.4) is 0 Å². The molecule has 7 nitrogen and oxygen atoms in total. The number of hydrogen-bond donors (Lipinski definition) is 4. The summed E-state index contributed by atoms with van der Waals surface area (Å²) in [5, 5.41) is 11.1. The summed E-state index contributed by atoms with van der Waals surface area (Å²) < 4.78 is 14.4. The van der Waals surface area contributed by atoms with E-state index in [2.05, 4.69) is 27.1 Å². The number of aromatic nitrogens is 4. The van der Waals surface area contributed by atoms with Crippen LogP contribution in [-0.4, -0.2) is 32.1 Å². The summed E-state index contributed by atoms with van der Waals surface area (Å²) in [7, 11) is 0. The van der Waals surface area contributed by atoms with E-state index in [9.17, 15) is 9.18 Å². The molecule has 5 rings (SSSR count). The number of anilines is 1. The van der Waals surface area contributed by atoms with Gasteiger partial charge in [-0.3, -0.25) is 9.89 Å². The molecule has 0 spiro atoms. The SMILES string of the molecule is C=C[C@]1(c2nc(-c3ccc4c(N)n[nH]c4c3)c(Cl)[nH]2)C=CC=CC1NC(=O)c1ccc(Cl)cc1F. The lowest BCUT2D eigenvalue weighted by atomic mass is 9.76. The highest BCUT2D eigenvalue weighted by Crippen LogP contribution is 2.37. The average Bonchev–Trinajstić information content (AvgIpc) is 3.42. The van der Waals surface area contributed by atoms with E-state index >= 15 is 0 Å². The zero-order valence-corrected chi connectivity index (χ0v) is 19.7. The second-order valence-corrected chi connectivity index (χ2v) is 8.89. The summed E-state index contributed by atoms with van der Waals surface area (Å²) in [6, 6.07) is 8.80. The molecule has 1 unspecified atom stereocenters. The van der Waals surface area contributed by atoms with Crippen molar-refractivity contribution >= 4 is 45.8 Å². The maximum atomic E-state index is 14.4. The lowest BCUT2D eigenvalue weighted by molar-refractivity contribution is 0.0932. The smallest absolute Gasteiger partial charge is 0.254 e. The van der Waals surface area contributed by atoms with Crippen molar-refractivity contribution in [3.63, 3.8) is 0 Å². The number of halogens is 3. The fraction of sp³-hybridized carbons (Fsp3) is 0.0800. The quantitative estimate of drug-likeness (QED) is 0.273. The Morgan fingerprint density at radius 2 is 2.06 bits per heavy atom. The first kappa shape index (κ1) is 22.9. The molecule has 2 aromatic carbocycles. The fourth-order valence-corrected chi connectivity index (χ4v) is 4.57. The zero-order valence-electron chi connectivity index (χ0n) is 18.1. The van der Waals surface area contributed by atoms with E-state index in [0.717, 1.165) is 22.5 Å². The number of carbonyl (C=O) groups is 1. The third-order valence-electron chi connectivity index (χ3n) is 6.04. The Labute approximate surface area is 209 Å². The molecule has 2 heterocycles. The Bertz CT molecular complexity index is 1540. The molecule has 0 saturated carbocycles. The summed E-state index contributed by atoms with van der Waals surface area (Å²) in [5.41, 5.74) is 6.76. The van der Waals surface area contributed by atoms with Crippen molar-refractivity contribution in [3.8, 4) is 11.3 Å². The number of aromatic amines is 2. The molecule has 0 aliphatic heterocycles. The van der Waals surface area contributed by atoms with Crippen LogP contribution in [0.4, 0.5) is 10.2 Å². The standard InChI is InChI=1S/C25H19Cl2FN6O/c1-2-25(10-4-3-5-19(25)30-23(35)15-9-7-14(26)12-17(15)28)24-31-20(21(27)32-24)13-6-8-16-18(11-13)33-34-22(16)29/h2-12,19H,1H2,(H,30,35)(H,31,32)(H3,29,33,34)/t19?,25-/m0/s1. The normalized spacial score (nSPS) is 19.2. The van der Waals surface area contributed by atoms with Crippen LogP contribution in [0.5, 0.6) is 0 Å². The minimum atomic E-state index is -0.974. The van der Waals surface area contributed by atoms with Crippen LogP contribution in [-0.2, 0) is 5.41 Å². The Morgan fingerprint density at radius 1 is 1.23 bits per heavy atom. The molecule has 2 atom stereocenters. The molecule has 0 saturated heterocycles. The van der Waals surface area contributed by atoms with E-state index in [1.54, 1.807) is 18.2 Å². The van der Waals surface area contributed by atoms with Gasteiger partial charge >= 0.3 is 0 Å². The predicted octanol–water partition coefficient (Wildman–Crippen LogP) is 5.33. The summed E-state index contributed by atoms with van der Waals surface area (Å²) in [5.74, 6) is -0.455. The van der Waals surface area contributed by atoms with Gasteiger partial charge in [-0.05, 0) is 30.3 Å². The van der Waals surface area contributed by atoms with Gasteiger partial charge < -0.3 is 16.0 Å². The lowest BCUT2D eigenvalue weighted by Crippen LogP contribution is -2.49. The van der Waals surface area contributed by atoms with Crippen LogP contribution >= 0.6 is 23.2 Å². The molecule has 176 valence electrons. The van der Waals surface area contributed by atoms with Gasteiger partial charge in [0.25, 0.3) is 5.91 Å². The number of fused-ring (bicyclic) bond motifs is 1. The van der Waals surface area contributed by atoms with Gasteiger partial charge in [-0.15, -0.1) is 6.58 Å². The van der Waals surface area contributed by atoms with Gasteiger partial charge in [0.05, 0.1) is 22.5 Å². The molecular formula is C25H19Cl2FN6O. The zero-order chi connectivity index (χ0) is 24.7. The van der Waals surface area contributed by atoms with Gasteiger partial charge in [0, 0.05) is 16.0 Å². The van der Waals surface area contributed by atoms with E-state index in [0.29, 0.717) is 22.5 Å². The highest BCUT2D eigenvalue weighted by Gasteiger charge is 2.40. The maximum Gasteiger partial charge on any atom is 0.254 e. The third-order valence-corrected chi connectivity index (χ3v) is 6.55. The molecule has 35 heavy (non-hydrogen) atoms. The largest absolute Gasteiger partial charge is 0.382 e. The summed E-state index contributed by atoms with van der Waals surface area (Å²) in [6.07, 6.45) is 8.90.